The van der Waals surface area contributed by atoms with Crippen molar-refractivity contribution in [1.29, 1.82) is 0 Å². The Morgan fingerprint density at radius 2 is 2.00 bits per heavy atom. The average Bonchev–Trinajstić information content (AvgIpc) is 2.36. The van der Waals surface area contributed by atoms with E-state index in [9.17, 15) is 14.4 Å². The summed E-state index contributed by atoms with van der Waals surface area (Å²) in [6, 6.07) is 7.23. The van der Waals surface area contributed by atoms with E-state index in [-0.39, 0.29) is 5.75 Å². The van der Waals surface area contributed by atoms with Gasteiger partial charge in [-0.05, 0) is 17.7 Å². The molecule has 0 heterocycles. The summed E-state index contributed by atoms with van der Waals surface area (Å²) in [7, 11) is 0. The van der Waals surface area contributed by atoms with E-state index in [0.717, 1.165) is 10.5 Å². The van der Waals surface area contributed by atoms with Crippen LogP contribution in [0.15, 0.2) is 24.3 Å². The van der Waals surface area contributed by atoms with E-state index in [2.05, 4.69) is 0 Å². The Hall–Kier alpha value is -1.73. The lowest BCUT2D eigenvalue weighted by molar-refractivity contribution is -0.144. The van der Waals surface area contributed by atoms with Gasteiger partial charge < -0.3 is 15.7 Å². The topological polar surface area (TPSA) is 101 Å². The Morgan fingerprint density at radius 1 is 1.29 bits per heavy atom. The molecule has 0 fully saturated rings. The van der Waals surface area contributed by atoms with Crippen LogP contribution in [0.25, 0.3) is 0 Å². The van der Waals surface area contributed by atoms with Crippen LogP contribution in [-0.4, -0.2) is 46.6 Å². The lowest BCUT2D eigenvalue weighted by Crippen LogP contribution is -2.42. The zero-order valence-corrected chi connectivity index (χ0v) is 12.7. The van der Waals surface area contributed by atoms with Crippen molar-refractivity contribution in [3.63, 3.8) is 0 Å². The van der Waals surface area contributed by atoms with Crippen molar-refractivity contribution in [3.05, 3.63) is 34.9 Å². The van der Waals surface area contributed by atoms with Gasteiger partial charge in [0.05, 0.1) is 12.3 Å². The number of hydrogen-bond acceptors (Lipinski definition) is 4. The molecule has 0 aliphatic heterocycles. The monoisotopic (exact) mass is 330 g/mol. The Kier molecular flexibility index (Phi) is 7.04. The minimum atomic E-state index is -1.19. The second-order valence-electron chi connectivity index (χ2n) is 4.23. The van der Waals surface area contributed by atoms with Crippen LogP contribution in [0.2, 0.25) is 5.02 Å². The number of hydrogen-bond donors (Lipinski definition) is 2. The molecule has 1 aromatic carbocycles. The fraction of sp³-hybridized carbons (Fsp3) is 0.308. The fourth-order valence-electron chi connectivity index (χ4n) is 1.56. The molecule has 114 valence electrons. The number of carbonyl (C=O) groups is 3. The van der Waals surface area contributed by atoms with Gasteiger partial charge in [-0.1, -0.05) is 23.7 Å². The predicted octanol–water partition coefficient (Wildman–Crippen LogP) is 0.972. The number of aliphatic carboxylic acids is 1. The molecule has 1 rings (SSSR count). The third-order valence-corrected chi connectivity index (χ3v) is 3.63. The number of carboxylic acids is 1. The summed E-state index contributed by atoms with van der Waals surface area (Å²) in [5, 5.41) is 9.32. The van der Waals surface area contributed by atoms with Gasteiger partial charge >= 0.3 is 5.97 Å². The Bertz CT molecular complexity index is 523. The first-order chi connectivity index (χ1) is 9.88. The Labute approximate surface area is 131 Å². The third-order valence-electron chi connectivity index (χ3n) is 2.41. The molecule has 0 unspecified atom stereocenters. The number of halogens is 1. The summed E-state index contributed by atoms with van der Waals surface area (Å²) in [5.41, 5.74) is 5.95. The van der Waals surface area contributed by atoms with Crippen LogP contribution >= 0.6 is 23.4 Å². The number of benzene rings is 1. The van der Waals surface area contributed by atoms with Crippen LogP contribution in [0.1, 0.15) is 5.56 Å². The van der Waals surface area contributed by atoms with Crippen molar-refractivity contribution in [1.82, 2.24) is 4.90 Å². The maximum absolute atomic E-state index is 11.9. The molecule has 0 aliphatic rings. The van der Waals surface area contributed by atoms with Crippen molar-refractivity contribution in [2.45, 2.75) is 5.75 Å². The number of nitrogens with two attached hydrogens (primary N) is 1. The SMILES string of the molecule is NC(=O)CN(CC(=O)O)C(=O)CSCc1cccc(Cl)c1. The zero-order valence-electron chi connectivity index (χ0n) is 11.1. The van der Waals surface area contributed by atoms with Gasteiger partial charge in [0.2, 0.25) is 11.8 Å². The van der Waals surface area contributed by atoms with Gasteiger partial charge in [-0.15, -0.1) is 11.8 Å². The van der Waals surface area contributed by atoms with E-state index in [1.807, 2.05) is 12.1 Å². The summed E-state index contributed by atoms with van der Waals surface area (Å²) >= 11 is 7.16. The van der Waals surface area contributed by atoms with Crippen LogP contribution < -0.4 is 5.73 Å². The molecular formula is C13H15ClN2O4S. The standard InChI is InChI=1S/C13H15ClN2O4S/c14-10-3-1-2-9(4-10)7-21-8-12(18)16(5-11(15)17)6-13(19)20/h1-4H,5-8H2,(H2,15,17)(H,19,20). The molecule has 0 atom stereocenters. The van der Waals surface area contributed by atoms with Crippen molar-refractivity contribution in [2.75, 3.05) is 18.8 Å². The highest BCUT2D eigenvalue weighted by Gasteiger charge is 2.18. The summed E-state index contributed by atoms with van der Waals surface area (Å²) < 4.78 is 0. The van der Waals surface area contributed by atoms with E-state index < -0.39 is 30.9 Å². The number of rotatable bonds is 8. The summed E-state index contributed by atoms with van der Waals surface area (Å²) in [6.07, 6.45) is 0. The highest BCUT2D eigenvalue weighted by Crippen LogP contribution is 2.16. The van der Waals surface area contributed by atoms with Crippen LogP contribution in [0.3, 0.4) is 0 Å². The van der Waals surface area contributed by atoms with Crippen molar-refractivity contribution >= 4 is 41.1 Å². The fourth-order valence-corrected chi connectivity index (χ4v) is 2.65. The molecule has 3 N–H and O–H groups in total. The van der Waals surface area contributed by atoms with Gasteiger partial charge in [0.15, 0.2) is 0 Å². The maximum atomic E-state index is 11.9. The second-order valence-corrected chi connectivity index (χ2v) is 5.65. The molecule has 0 aromatic heterocycles. The van der Waals surface area contributed by atoms with Crippen molar-refractivity contribution < 1.29 is 19.5 Å². The first-order valence-electron chi connectivity index (χ1n) is 5.98. The number of primary amides is 1. The first-order valence-corrected chi connectivity index (χ1v) is 7.52. The van der Waals surface area contributed by atoms with Crippen LogP contribution in [-0.2, 0) is 20.1 Å². The number of thioether (sulfide) groups is 1. The number of amides is 2. The van der Waals surface area contributed by atoms with E-state index >= 15 is 0 Å². The van der Waals surface area contributed by atoms with Gasteiger partial charge in [-0.2, -0.15) is 0 Å². The number of carboxylic acid groups (broad SMARTS) is 1. The quantitative estimate of drug-likeness (QED) is 0.739. The van der Waals surface area contributed by atoms with Crippen LogP contribution in [0.4, 0.5) is 0 Å². The maximum Gasteiger partial charge on any atom is 0.323 e. The van der Waals surface area contributed by atoms with E-state index in [1.54, 1.807) is 12.1 Å². The summed E-state index contributed by atoms with van der Waals surface area (Å²) in [5.74, 6) is -1.76. The third kappa shape index (κ3) is 7.01. The molecule has 1 aromatic rings. The second kappa shape index (κ2) is 8.53. The highest BCUT2D eigenvalue weighted by atomic mass is 35.5. The Morgan fingerprint density at radius 3 is 2.57 bits per heavy atom. The lowest BCUT2D eigenvalue weighted by atomic mass is 10.2. The van der Waals surface area contributed by atoms with E-state index in [1.165, 1.54) is 11.8 Å². The van der Waals surface area contributed by atoms with Gasteiger partial charge in [0.1, 0.15) is 6.54 Å². The van der Waals surface area contributed by atoms with E-state index in [4.69, 9.17) is 22.4 Å². The highest BCUT2D eigenvalue weighted by molar-refractivity contribution is 7.99. The van der Waals surface area contributed by atoms with Crippen molar-refractivity contribution in [2.24, 2.45) is 5.73 Å². The van der Waals surface area contributed by atoms with E-state index in [0.29, 0.717) is 10.8 Å². The predicted molar refractivity (Wildman–Crippen MR) is 81.0 cm³/mol. The smallest absolute Gasteiger partial charge is 0.323 e. The van der Waals surface area contributed by atoms with Crippen LogP contribution in [0, 0.1) is 0 Å². The molecule has 0 spiro atoms. The summed E-state index contributed by atoms with van der Waals surface area (Å²) in [6.45, 7) is -0.942. The Balaban J connectivity index is 2.49. The normalized spacial score (nSPS) is 10.1. The largest absolute Gasteiger partial charge is 0.480 e. The minimum Gasteiger partial charge on any atom is -0.480 e. The molecule has 0 bridgehead atoms. The first kappa shape index (κ1) is 17.3. The molecule has 0 saturated heterocycles. The average molecular weight is 331 g/mol. The van der Waals surface area contributed by atoms with Crippen LogP contribution in [0.5, 0.6) is 0 Å². The molecule has 0 radical (unpaired) electrons. The lowest BCUT2D eigenvalue weighted by Gasteiger charge is -2.18. The zero-order chi connectivity index (χ0) is 15.8. The van der Waals surface area contributed by atoms with Gasteiger partial charge in [0.25, 0.3) is 0 Å². The molecule has 21 heavy (non-hydrogen) atoms. The number of nitrogens with zero attached hydrogens (tertiary/aromatic N) is 1. The number of carbonyl (C=O) groups excluding carboxylic acids is 2. The molecule has 8 heteroatoms. The molecule has 0 saturated carbocycles. The minimum absolute atomic E-state index is 0.0626. The van der Waals surface area contributed by atoms with Gasteiger partial charge in [-0.25, -0.2) is 0 Å². The molecule has 6 nitrogen and oxygen atoms in total. The molecular weight excluding hydrogens is 316 g/mol. The van der Waals surface area contributed by atoms with Gasteiger partial charge in [-0.3, -0.25) is 14.4 Å². The molecule has 2 amide bonds. The van der Waals surface area contributed by atoms with Crippen molar-refractivity contribution in [3.8, 4) is 0 Å². The molecule has 0 aliphatic carbocycles. The van der Waals surface area contributed by atoms with Gasteiger partial charge in [0, 0.05) is 10.8 Å². The summed E-state index contributed by atoms with van der Waals surface area (Å²) in [4.78, 5) is 34.3.